The van der Waals surface area contributed by atoms with Crippen LogP contribution in [0.1, 0.15) is 157 Å². The summed E-state index contributed by atoms with van der Waals surface area (Å²) < 4.78 is 74.6. The predicted molar refractivity (Wildman–Crippen MR) is 341 cm³/mol. The zero-order valence-electron chi connectivity index (χ0n) is 55.7. The van der Waals surface area contributed by atoms with Crippen LogP contribution < -0.4 is 0 Å². The molecule has 0 amide bonds. The van der Waals surface area contributed by atoms with E-state index in [0.717, 1.165) is 68.1 Å². The summed E-state index contributed by atoms with van der Waals surface area (Å²) in [7, 11) is 1.60. The molecule has 0 bridgehead atoms. The minimum atomic E-state index is -1.27. The van der Waals surface area contributed by atoms with E-state index in [1.54, 1.807) is 7.11 Å². The third-order valence-electron chi connectivity index (χ3n) is 24.6. The van der Waals surface area contributed by atoms with Crippen LogP contribution >= 0.6 is 0 Å². The molecule has 3 aliphatic heterocycles. The Hall–Kier alpha value is -4.55. The zero-order valence-corrected chi connectivity index (χ0v) is 55.7. The fourth-order valence-electron chi connectivity index (χ4n) is 18.8. The third-order valence-corrected chi connectivity index (χ3v) is 24.6. The minimum Gasteiger partial charge on any atom is -0.432 e. The second-order valence-electron chi connectivity index (χ2n) is 30.0. The van der Waals surface area contributed by atoms with Crippen LogP contribution in [-0.4, -0.2) is 113 Å². The maximum absolute atomic E-state index is 16.2. The smallest absolute Gasteiger partial charge is 0.315 e. The maximum Gasteiger partial charge on any atom is 0.315 e. The number of benzene rings is 3. The van der Waals surface area contributed by atoms with E-state index >= 15 is 4.79 Å². The number of esters is 1. The van der Waals surface area contributed by atoms with Crippen molar-refractivity contribution in [3.63, 3.8) is 0 Å². The number of ether oxygens (including phenoxy) is 11. The average Bonchev–Trinajstić information content (AvgIpc) is 0.678. The van der Waals surface area contributed by atoms with Gasteiger partial charge in [-0.3, -0.25) is 4.79 Å². The fourth-order valence-corrected chi connectivity index (χ4v) is 18.8. The van der Waals surface area contributed by atoms with Gasteiger partial charge in [-0.15, -0.1) is 0 Å². The molecule has 7 fully saturated rings. The largest absolute Gasteiger partial charge is 0.432 e. The summed E-state index contributed by atoms with van der Waals surface area (Å²) in [6.07, 6.45) is 4.32. The van der Waals surface area contributed by atoms with Gasteiger partial charge in [-0.05, 0) is 152 Å². The van der Waals surface area contributed by atoms with Crippen LogP contribution in [-0.2, 0) is 81.5 Å². The van der Waals surface area contributed by atoms with E-state index in [4.69, 9.17) is 52.1 Å². The molecule has 0 radical (unpaired) electrons. The molecular weight excluding hydrogens is 1140 g/mol. The van der Waals surface area contributed by atoms with Gasteiger partial charge in [0.1, 0.15) is 36.8 Å². The SMILES string of the molecule is CCOC1C(OC)[C@H](OC2C(C)C(N=[N+]=[N-])[C@H](COCc3ccccc3)O[C@H]2OC(=O)C23CCC(C)(C)CC2C2=CCC4C5(C)CC[C@H](C)[C@](C)(C=O)[C@@H]5CC[C@]4(C)[C@]2(C)CC3)O[C@H](C)C1O[C@@H]1OCC(OCc2ccccc2)C(OCc2ccccc2)C1C. The maximum atomic E-state index is 16.2. The zero-order chi connectivity index (χ0) is 63.8. The van der Waals surface area contributed by atoms with Crippen molar-refractivity contribution in [1.29, 1.82) is 0 Å². The van der Waals surface area contributed by atoms with Gasteiger partial charge in [0.15, 0.2) is 12.6 Å². The van der Waals surface area contributed by atoms with Crippen LogP contribution in [0.4, 0.5) is 0 Å². The van der Waals surface area contributed by atoms with E-state index in [9.17, 15) is 10.3 Å². The van der Waals surface area contributed by atoms with E-state index in [2.05, 4.69) is 71.5 Å². The van der Waals surface area contributed by atoms with Gasteiger partial charge in [0.2, 0.25) is 6.29 Å². The van der Waals surface area contributed by atoms with Crippen LogP contribution in [0.25, 0.3) is 10.4 Å². The number of carbonyl (C=O) groups is 2. The normalized spacial score (nSPS) is 42.2. The minimum absolute atomic E-state index is 0.0175. The van der Waals surface area contributed by atoms with Gasteiger partial charge < -0.3 is 56.9 Å². The molecule has 3 aromatic rings. The number of fused-ring (bicyclic) bond motifs is 7. The van der Waals surface area contributed by atoms with Gasteiger partial charge in [0.25, 0.3) is 0 Å². The van der Waals surface area contributed by atoms with Crippen molar-refractivity contribution in [2.45, 2.75) is 234 Å². The summed E-state index contributed by atoms with van der Waals surface area (Å²) in [5.74, 6) is -0.154. The second-order valence-corrected chi connectivity index (χ2v) is 30.0. The molecule has 5 aliphatic carbocycles. The molecular formula is C74H103N3O13. The Balaban J connectivity index is 0.871. The molecule has 4 saturated carbocycles. The van der Waals surface area contributed by atoms with Crippen molar-refractivity contribution in [3.8, 4) is 0 Å². The summed E-state index contributed by atoms with van der Waals surface area (Å²) in [5, 5.41) is 4.37. The van der Waals surface area contributed by atoms with Gasteiger partial charge in [-0.2, -0.15) is 0 Å². The van der Waals surface area contributed by atoms with E-state index in [1.165, 1.54) is 11.9 Å². The molecule has 0 spiro atoms. The number of hydrogen-bond donors (Lipinski definition) is 0. The first-order valence-corrected chi connectivity index (χ1v) is 33.9. The van der Waals surface area contributed by atoms with Gasteiger partial charge in [0.05, 0.1) is 62.8 Å². The number of methoxy groups -OCH3 is 1. The highest BCUT2D eigenvalue weighted by molar-refractivity contribution is 5.79. The summed E-state index contributed by atoms with van der Waals surface area (Å²) in [6, 6.07) is 29.3. The highest BCUT2D eigenvalue weighted by atomic mass is 16.8. The molecule has 492 valence electrons. The summed E-state index contributed by atoms with van der Waals surface area (Å²) in [6.45, 7) is 26.4. The number of rotatable bonds is 21. The highest BCUT2D eigenvalue weighted by Gasteiger charge is 2.70. The van der Waals surface area contributed by atoms with Crippen molar-refractivity contribution < 1.29 is 61.7 Å². The molecule has 3 saturated heterocycles. The lowest BCUT2D eigenvalue weighted by atomic mass is 9.33. The molecule has 90 heavy (non-hydrogen) atoms. The molecule has 3 heterocycles. The van der Waals surface area contributed by atoms with Crippen molar-refractivity contribution in [2.24, 2.45) is 73.1 Å². The highest BCUT2D eigenvalue weighted by Crippen LogP contribution is 2.76. The molecule has 0 aromatic heterocycles. The Morgan fingerprint density at radius 1 is 0.689 bits per heavy atom. The van der Waals surface area contributed by atoms with Crippen molar-refractivity contribution in [1.82, 2.24) is 0 Å². The van der Waals surface area contributed by atoms with Gasteiger partial charge in [-0.25, -0.2) is 0 Å². The lowest BCUT2D eigenvalue weighted by molar-refractivity contribution is -0.370. The Labute approximate surface area is 535 Å². The Morgan fingerprint density at radius 2 is 1.33 bits per heavy atom. The molecule has 3 aromatic carbocycles. The summed E-state index contributed by atoms with van der Waals surface area (Å²) in [5.41, 5.74) is 13.3. The lowest BCUT2D eigenvalue weighted by Crippen LogP contribution is -2.65. The topological polar surface area (TPSA) is 184 Å². The number of aldehydes is 1. The Morgan fingerprint density at radius 3 is 1.98 bits per heavy atom. The molecule has 0 N–H and O–H groups in total. The number of nitrogens with zero attached hydrogens (tertiary/aromatic N) is 3. The number of carbonyl (C=O) groups excluding carboxylic acids is 2. The second kappa shape index (κ2) is 27.4. The van der Waals surface area contributed by atoms with E-state index < -0.39 is 79.0 Å². The standard InChI is InChI=1S/C74H103N3O13/c1-13-82-63-62(89-65-48(4)60(84-42-52-27-21-16-22-28-52)56(44-85-65)83-41-51-25-19-15-20-26-51)49(5)86-67(64(63)80-12)88-61-47(3)59(76-77-75)55(43-81-40-50-23-17-14-18-24-50)87-66(61)90-68(79)74-37-35-69(6,7)39-54(74)53-29-30-58-70(8)33-31-46(2)71(9,45-78)57(70)32-34-73(58,11)72(53,10)36-38-74/h14-29,45-49,54-67H,13,30-44H2,1-12H3/t46-,47?,48?,49+,54?,55-,56?,57+,58?,59?,60?,61?,62?,63?,64?,65-,66-,67-,70?,71-,72+,73-,74?/m0/s1. The first-order valence-electron chi connectivity index (χ1n) is 33.9. The number of allylic oxidation sites excluding steroid dienone is 2. The molecule has 16 nitrogen and oxygen atoms in total. The van der Waals surface area contributed by atoms with Gasteiger partial charge in [-0.1, -0.05) is 170 Å². The third kappa shape index (κ3) is 12.6. The van der Waals surface area contributed by atoms with Crippen molar-refractivity contribution in [2.75, 3.05) is 26.9 Å². The lowest BCUT2D eigenvalue weighted by Gasteiger charge is -2.71. The summed E-state index contributed by atoms with van der Waals surface area (Å²) in [4.78, 5) is 32.6. The first kappa shape index (κ1) is 66.9. The van der Waals surface area contributed by atoms with E-state index in [1.807, 2.05) is 112 Å². The van der Waals surface area contributed by atoms with Crippen LogP contribution in [0.15, 0.2) is 108 Å². The Kier molecular flexibility index (Phi) is 20.4. The molecule has 13 unspecified atom stereocenters. The van der Waals surface area contributed by atoms with E-state index in [0.29, 0.717) is 57.0 Å². The number of azide groups is 1. The quantitative estimate of drug-likeness (QED) is 0.0245. The van der Waals surface area contributed by atoms with Crippen LogP contribution in [0.3, 0.4) is 0 Å². The first-order chi connectivity index (χ1) is 43.2. The fraction of sp³-hybridized carbons (Fsp3) is 0.703. The van der Waals surface area contributed by atoms with Crippen LogP contribution in [0.5, 0.6) is 0 Å². The summed E-state index contributed by atoms with van der Waals surface area (Å²) >= 11 is 0. The Bertz CT molecular complexity index is 2990. The molecule has 8 aliphatic rings. The van der Waals surface area contributed by atoms with Gasteiger partial charge >= 0.3 is 5.97 Å². The molecule has 16 heteroatoms. The van der Waals surface area contributed by atoms with Gasteiger partial charge in [0, 0.05) is 30.0 Å². The van der Waals surface area contributed by atoms with Crippen LogP contribution in [0, 0.1) is 68.0 Å². The molecule has 23 atom stereocenters. The number of hydrogen-bond acceptors (Lipinski definition) is 14. The van der Waals surface area contributed by atoms with Crippen molar-refractivity contribution >= 4 is 12.3 Å². The predicted octanol–water partition coefficient (Wildman–Crippen LogP) is 14.5. The molecule has 11 rings (SSSR count). The average molecular weight is 1240 g/mol. The monoisotopic (exact) mass is 1240 g/mol. The van der Waals surface area contributed by atoms with Crippen LogP contribution in [0.2, 0.25) is 0 Å². The van der Waals surface area contributed by atoms with Crippen molar-refractivity contribution in [3.05, 3.63) is 130 Å². The van der Waals surface area contributed by atoms with E-state index in [-0.39, 0.29) is 64.2 Å².